The van der Waals surface area contributed by atoms with Crippen LogP contribution in [0.5, 0.6) is 5.75 Å². The number of hydrogen-bond donors (Lipinski definition) is 1. The topological polar surface area (TPSA) is 58.6 Å². The smallest absolute Gasteiger partial charge is 0.261 e. The third kappa shape index (κ3) is 8.61. The lowest BCUT2D eigenvalue weighted by molar-refractivity contribution is -0.142. The molecule has 0 fully saturated rings. The van der Waals surface area contributed by atoms with Crippen molar-refractivity contribution in [1.82, 2.24) is 10.2 Å². The number of nitrogens with zero attached hydrogens (tertiary/aromatic N) is 1. The van der Waals surface area contributed by atoms with Gasteiger partial charge in [0.15, 0.2) is 6.61 Å². The summed E-state index contributed by atoms with van der Waals surface area (Å²) in [6, 6.07) is 20.5. The molecule has 0 saturated heterocycles. The lowest BCUT2D eigenvalue weighted by Crippen LogP contribution is -2.51. The Labute approximate surface area is 233 Å². The van der Waals surface area contributed by atoms with Crippen LogP contribution in [0.25, 0.3) is 0 Å². The molecular formula is C30H34BrClN2O3. The van der Waals surface area contributed by atoms with Gasteiger partial charge in [-0.05, 0) is 66.8 Å². The van der Waals surface area contributed by atoms with Crippen LogP contribution < -0.4 is 10.1 Å². The van der Waals surface area contributed by atoms with Crippen molar-refractivity contribution in [3.05, 3.63) is 98.5 Å². The minimum atomic E-state index is -0.692. The van der Waals surface area contributed by atoms with Crippen LogP contribution in [0, 0.1) is 13.8 Å². The van der Waals surface area contributed by atoms with Gasteiger partial charge in [-0.1, -0.05) is 83.3 Å². The fourth-order valence-electron chi connectivity index (χ4n) is 4.11. The van der Waals surface area contributed by atoms with E-state index < -0.39 is 6.04 Å². The van der Waals surface area contributed by atoms with Crippen molar-refractivity contribution in [2.45, 2.75) is 52.6 Å². The highest BCUT2D eigenvalue weighted by molar-refractivity contribution is 9.10. The Bertz CT molecular complexity index is 1180. The van der Waals surface area contributed by atoms with Crippen molar-refractivity contribution < 1.29 is 14.3 Å². The quantitative estimate of drug-likeness (QED) is 0.242. The normalized spacial score (nSPS) is 11.6. The van der Waals surface area contributed by atoms with Gasteiger partial charge in [0.1, 0.15) is 11.8 Å². The number of rotatable bonds is 12. The summed E-state index contributed by atoms with van der Waals surface area (Å²) < 4.78 is 6.82. The first-order valence-corrected chi connectivity index (χ1v) is 13.7. The Kier molecular flexibility index (Phi) is 11.0. The zero-order chi connectivity index (χ0) is 26.8. The molecule has 0 radical (unpaired) electrons. The first-order chi connectivity index (χ1) is 17.8. The first-order valence-electron chi connectivity index (χ1n) is 12.5. The number of amides is 2. The van der Waals surface area contributed by atoms with E-state index in [0.29, 0.717) is 23.7 Å². The van der Waals surface area contributed by atoms with E-state index in [2.05, 4.69) is 28.2 Å². The zero-order valence-electron chi connectivity index (χ0n) is 21.6. The van der Waals surface area contributed by atoms with Gasteiger partial charge in [-0.2, -0.15) is 0 Å². The summed E-state index contributed by atoms with van der Waals surface area (Å²) in [5.41, 5.74) is 3.66. The Morgan fingerprint density at radius 3 is 2.32 bits per heavy atom. The number of hydrogen-bond acceptors (Lipinski definition) is 3. The number of carbonyl (C=O) groups excluding carboxylic acids is 2. The summed E-state index contributed by atoms with van der Waals surface area (Å²) in [4.78, 5) is 28.8. The van der Waals surface area contributed by atoms with Gasteiger partial charge in [0.25, 0.3) is 5.91 Å². The van der Waals surface area contributed by atoms with Crippen LogP contribution in [0.1, 0.15) is 42.0 Å². The van der Waals surface area contributed by atoms with Gasteiger partial charge >= 0.3 is 0 Å². The first kappa shape index (κ1) is 28.7. The standard InChI is InChI=1S/C30H34BrClN2O3/c1-4-5-14-33-30(36)27(18-23-10-7-6-8-11-23)34(19-24-12-9-13-25(31)17-24)28(35)20-37-26-15-21(2)29(32)22(3)16-26/h6-13,15-17,27H,4-5,14,18-20H2,1-3H3,(H,33,36)/t27-/m1/s1. The van der Waals surface area contributed by atoms with E-state index in [1.165, 1.54) is 0 Å². The summed E-state index contributed by atoms with van der Waals surface area (Å²) in [5.74, 6) is 0.137. The van der Waals surface area contributed by atoms with Crippen molar-refractivity contribution in [1.29, 1.82) is 0 Å². The number of nitrogens with one attached hydrogen (secondary N) is 1. The molecule has 0 aliphatic rings. The molecule has 3 aromatic rings. The molecule has 1 atom stereocenters. The van der Waals surface area contributed by atoms with E-state index in [-0.39, 0.29) is 25.0 Å². The summed E-state index contributed by atoms with van der Waals surface area (Å²) in [5, 5.41) is 3.72. The molecule has 0 spiro atoms. The van der Waals surface area contributed by atoms with Crippen molar-refractivity contribution in [3.63, 3.8) is 0 Å². The van der Waals surface area contributed by atoms with E-state index in [4.69, 9.17) is 16.3 Å². The van der Waals surface area contributed by atoms with Gasteiger partial charge in [0, 0.05) is 29.0 Å². The maximum absolute atomic E-state index is 13.7. The fourth-order valence-corrected chi connectivity index (χ4v) is 4.67. The Hall–Kier alpha value is -2.83. The van der Waals surface area contributed by atoms with Gasteiger partial charge in [-0.25, -0.2) is 0 Å². The average molecular weight is 586 g/mol. The predicted molar refractivity (Wildman–Crippen MR) is 153 cm³/mol. The second kappa shape index (κ2) is 14.2. The van der Waals surface area contributed by atoms with Crippen LogP contribution in [0.3, 0.4) is 0 Å². The van der Waals surface area contributed by atoms with Gasteiger partial charge in [0.05, 0.1) is 0 Å². The number of aryl methyl sites for hydroxylation is 2. The predicted octanol–water partition coefficient (Wildman–Crippen LogP) is 6.65. The number of benzene rings is 3. The number of halogens is 2. The summed E-state index contributed by atoms with van der Waals surface area (Å²) in [6.45, 7) is 6.54. The van der Waals surface area contributed by atoms with Crippen LogP contribution in [-0.4, -0.2) is 35.9 Å². The summed E-state index contributed by atoms with van der Waals surface area (Å²) in [6.07, 6.45) is 2.25. The number of unbranched alkanes of at least 4 members (excludes halogenated alkanes) is 1. The molecule has 196 valence electrons. The van der Waals surface area contributed by atoms with Gasteiger partial charge in [-0.15, -0.1) is 0 Å². The molecule has 0 aromatic heterocycles. The average Bonchev–Trinajstić information content (AvgIpc) is 2.88. The molecule has 0 heterocycles. The van der Waals surface area contributed by atoms with Gasteiger partial charge in [0.2, 0.25) is 5.91 Å². The molecule has 37 heavy (non-hydrogen) atoms. The zero-order valence-corrected chi connectivity index (χ0v) is 23.9. The van der Waals surface area contributed by atoms with Crippen LogP contribution in [0.4, 0.5) is 0 Å². The SMILES string of the molecule is CCCCNC(=O)[C@@H](Cc1ccccc1)N(Cc1cccc(Br)c1)C(=O)COc1cc(C)c(Cl)c(C)c1. The van der Waals surface area contributed by atoms with E-state index in [9.17, 15) is 9.59 Å². The van der Waals surface area contributed by atoms with Crippen LogP contribution in [-0.2, 0) is 22.6 Å². The van der Waals surface area contributed by atoms with Crippen LogP contribution >= 0.6 is 27.5 Å². The highest BCUT2D eigenvalue weighted by Crippen LogP contribution is 2.26. The maximum Gasteiger partial charge on any atom is 0.261 e. The molecule has 0 aliphatic carbocycles. The lowest BCUT2D eigenvalue weighted by atomic mass is 10.0. The van der Waals surface area contributed by atoms with Crippen molar-refractivity contribution in [2.75, 3.05) is 13.2 Å². The van der Waals surface area contributed by atoms with Crippen LogP contribution in [0.15, 0.2) is 71.2 Å². The van der Waals surface area contributed by atoms with Crippen molar-refractivity contribution in [3.8, 4) is 5.75 Å². The minimum absolute atomic E-state index is 0.168. The highest BCUT2D eigenvalue weighted by atomic mass is 79.9. The molecule has 2 amide bonds. The molecule has 5 nitrogen and oxygen atoms in total. The van der Waals surface area contributed by atoms with E-state index >= 15 is 0 Å². The molecule has 0 bridgehead atoms. The fraction of sp³-hybridized carbons (Fsp3) is 0.333. The van der Waals surface area contributed by atoms with E-state index in [1.807, 2.05) is 80.6 Å². The van der Waals surface area contributed by atoms with Crippen molar-refractivity contribution in [2.24, 2.45) is 0 Å². The molecule has 0 aliphatic heterocycles. The molecule has 7 heteroatoms. The van der Waals surface area contributed by atoms with E-state index in [0.717, 1.165) is 39.6 Å². The third-order valence-corrected chi connectivity index (χ3v) is 7.20. The molecule has 3 aromatic carbocycles. The Morgan fingerprint density at radius 2 is 1.68 bits per heavy atom. The van der Waals surface area contributed by atoms with Gasteiger partial charge < -0.3 is 15.0 Å². The monoisotopic (exact) mass is 584 g/mol. The number of ether oxygens (including phenoxy) is 1. The summed E-state index contributed by atoms with van der Waals surface area (Å²) in [7, 11) is 0. The molecule has 1 N–H and O–H groups in total. The van der Waals surface area contributed by atoms with Crippen LogP contribution in [0.2, 0.25) is 5.02 Å². The minimum Gasteiger partial charge on any atom is -0.484 e. The Balaban J connectivity index is 1.90. The molecular weight excluding hydrogens is 552 g/mol. The lowest BCUT2D eigenvalue weighted by Gasteiger charge is -2.31. The second-order valence-electron chi connectivity index (χ2n) is 9.16. The molecule has 0 unspecified atom stereocenters. The van der Waals surface area contributed by atoms with Crippen molar-refractivity contribution >= 4 is 39.3 Å². The molecule has 3 rings (SSSR count). The summed E-state index contributed by atoms with van der Waals surface area (Å²) >= 11 is 9.81. The third-order valence-electron chi connectivity index (χ3n) is 6.11. The van der Waals surface area contributed by atoms with Gasteiger partial charge in [-0.3, -0.25) is 9.59 Å². The molecule has 0 saturated carbocycles. The van der Waals surface area contributed by atoms with E-state index in [1.54, 1.807) is 4.90 Å². The number of carbonyl (C=O) groups is 2. The maximum atomic E-state index is 13.7. The highest BCUT2D eigenvalue weighted by Gasteiger charge is 2.30. The Morgan fingerprint density at radius 1 is 1.00 bits per heavy atom. The second-order valence-corrected chi connectivity index (χ2v) is 10.5. The largest absolute Gasteiger partial charge is 0.484 e.